The van der Waals surface area contributed by atoms with Crippen molar-refractivity contribution in [2.45, 2.75) is 38.5 Å². The van der Waals surface area contributed by atoms with E-state index in [0.717, 1.165) is 25.7 Å². The van der Waals surface area contributed by atoms with Gasteiger partial charge in [0.15, 0.2) is 11.6 Å². The predicted molar refractivity (Wildman–Crippen MR) is 69.7 cm³/mol. The van der Waals surface area contributed by atoms with E-state index in [2.05, 4.69) is 0 Å². The molecule has 0 spiro atoms. The van der Waals surface area contributed by atoms with Gasteiger partial charge in [0.05, 0.1) is 12.0 Å². The highest BCUT2D eigenvalue weighted by Gasteiger charge is 2.40. The second-order valence-corrected chi connectivity index (χ2v) is 5.18. The van der Waals surface area contributed by atoms with Gasteiger partial charge in [-0.2, -0.15) is 0 Å². The molecule has 1 N–H and O–H groups in total. The monoisotopic (exact) mass is 266 g/mol. The smallest absolute Gasteiger partial charge is 0.309 e. The SMILES string of the molecule is O=C(O)C1(CCCOc2ccccc2F)CCCC1. The third-order valence-corrected chi connectivity index (χ3v) is 3.91. The lowest BCUT2D eigenvalue weighted by Gasteiger charge is -2.23. The molecule has 0 radical (unpaired) electrons. The third-order valence-electron chi connectivity index (χ3n) is 3.91. The lowest BCUT2D eigenvalue weighted by atomic mass is 9.82. The fourth-order valence-electron chi connectivity index (χ4n) is 2.78. The number of halogens is 1. The number of carboxylic acid groups (broad SMARTS) is 1. The molecular weight excluding hydrogens is 247 g/mol. The first-order chi connectivity index (χ1) is 9.14. The number of carbonyl (C=O) groups is 1. The summed E-state index contributed by atoms with van der Waals surface area (Å²) in [6.07, 6.45) is 4.72. The summed E-state index contributed by atoms with van der Waals surface area (Å²) in [6.45, 7) is 0.357. The van der Waals surface area contributed by atoms with Crippen LogP contribution in [0.3, 0.4) is 0 Å². The Morgan fingerprint density at radius 3 is 2.63 bits per heavy atom. The number of para-hydroxylation sites is 1. The molecule has 0 atom stereocenters. The Morgan fingerprint density at radius 1 is 1.32 bits per heavy atom. The topological polar surface area (TPSA) is 46.5 Å². The Morgan fingerprint density at radius 2 is 2.00 bits per heavy atom. The summed E-state index contributed by atoms with van der Waals surface area (Å²) in [5.74, 6) is -0.842. The Balaban J connectivity index is 1.80. The van der Waals surface area contributed by atoms with E-state index in [-0.39, 0.29) is 11.6 Å². The zero-order valence-corrected chi connectivity index (χ0v) is 10.9. The highest BCUT2D eigenvalue weighted by Crippen LogP contribution is 2.42. The van der Waals surface area contributed by atoms with Crippen molar-refractivity contribution >= 4 is 5.97 Å². The third kappa shape index (κ3) is 3.25. The fourth-order valence-corrected chi connectivity index (χ4v) is 2.78. The van der Waals surface area contributed by atoms with Crippen LogP contribution in [0.2, 0.25) is 0 Å². The summed E-state index contributed by atoms with van der Waals surface area (Å²) in [6, 6.07) is 6.26. The van der Waals surface area contributed by atoms with Crippen molar-refractivity contribution in [3.63, 3.8) is 0 Å². The van der Waals surface area contributed by atoms with Crippen LogP contribution in [0.5, 0.6) is 5.75 Å². The molecule has 19 heavy (non-hydrogen) atoms. The Labute approximate surface area is 112 Å². The molecule has 3 nitrogen and oxygen atoms in total. The van der Waals surface area contributed by atoms with E-state index in [1.807, 2.05) is 0 Å². The number of carboxylic acids is 1. The Bertz CT molecular complexity index is 439. The van der Waals surface area contributed by atoms with Crippen LogP contribution in [-0.2, 0) is 4.79 Å². The number of benzene rings is 1. The van der Waals surface area contributed by atoms with Crippen molar-refractivity contribution in [2.75, 3.05) is 6.61 Å². The molecule has 104 valence electrons. The first-order valence-electron chi connectivity index (χ1n) is 6.75. The quantitative estimate of drug-likeness (QED) is 0.800. The average Bonchev–Trinajstić information content (AvgIpc) is 2.87. The van der Waals surface area contributed by atoms with E-state index in [1.165, 1.54) is 6.07 Å². The molecule has 0 aromatic heterocycles. The summed E-state index contributed by atoms with van der Waals surface area (Å²) in [4.78, 5) is 11.3. The van der Waals surface area contributed by atoms with Crippen LogP contribution in [0, 0.1) is 11.2 Å². The molecular formula is C15H19FO3. The number of hydrogen-bond acceptors (Lipinski definition) is 2. The van der Waals surface area contributed by atoms with Gasteiger partial charge in [0.2, 0.25) is 0 Å². The highest BCUT2D eigenvalue weighted by molar-refractivity contribution is 5.74. The number of ether oxygens (including phenoxy) is 1. The summed E-state index contributed by atoms with van der Waals surface area (Å²) in [7, 11) is 0. The molecule has 1 saturated carbocycles. The van der Waals surface area contributed by atoms with Crippen molar-refractivity contribution in [2.24, 2.45) is 5.41 Å². The van der Waals surface area contributed by atoms with Gasteiger partial charge in [0.25, 0.3) is 0 Å². The predicted octanol–water partition coefficient (Wildman–Crippen LogP) is 3.63. The maximum Gasteiger partial charge on any atom is 0.309 e. The molecule has 1 aromatic rings. The van der Waals surface area contributed by atoms with E-state index in [9.17, 15) is 14.3 Å². The normalized spacial score (nSPS) is 17.3. The maximum atomic E-state index is 13.3. The first kappa shape index (κ1) is 13.8. The molecule has 4 heteroatoms. The average molecular weight is 266 g/mol. The van der Waals surface area contributed by atoms with Crippen LogP contribution in [0.15, 0.2) is 24.3 Å². The van der Waals surface area contributed by atoms with Crippen molar-refractivity contribution in [1.82, 2.24) is 0 Å². The van der Waals surface area contributed by atoms with Crippen molar-refractivity contribution in [1.29, 1.82) is 0 Å². The zero-order valence-electron chi connectivity index (χ0n) is 10.9. The zero-order chi connectivity index (χ0) is 13.7. The second-order valence-electron chi connectivity index (χ2n) is 5.18. The van der Waals surface area contributed by atoms with Crippen LogP contribution >= 0.6 is 0 Å². The van der Waals surface area contributed by atoms with Gasteiger partial charge in [-0.1, -0.05) is 25.0 Å². The molecule has 0 saturated heterocycles. The molecule has 1 aliphatic carbocycles. The van der Waals surface area contributed by atoms with Gasteiger partial charge in [0, 0.05) is 0 Å². The van der Waals surface area contributed by atoms with E-state index >= 15 is 0 Å². The maximum absolute atomic E-state index is 13.3. The minimum atomic E-state index is -0.698. The van der Waals surface area contributed by atoms with Crippen LogP contribution in [0.1, 0.15) is 38.5 Å². The fraction of sp³-hybridized carbons (Fsp3) is 0.533. The van der Waals surface area contributed by atoms with E-state index in [0.29, 0.717) is 19.4 Å². The van der Waals surface area contributed by atoms with Gasteiger partial charge >= 0.3 is 5.97 Å². The molecule has 1 aromatic carbocycles. The standard InChI is InChI=1S/C15H19FO3/c16-12-6-1-2-7-13(12)19-11-5-10-15(14(17)18)8-3-4-9-15/h1-2,6-7H,3-5,8-11H2,(H,17,18). The van der Waals surface area contributed by atoms with Gasteiger partial charge in [-0.25, -0.2) is 4.39 Å². The Hall–Kier alpha value is -1.58. The minimum Gasteiger partial charge on any atom is -0.491 e. The number of aliphatic carboxylic acids is 1. The Kier molecular flexibility index (Phi) is 4.40. The van der Waals surface area contributed by atoms with E-state index < -0.39 is 11.4 Å². The van der Waals surface area contributed by atoms with Crippen molar-refractivity contribution < 1.29 is 19.0 Å². The molecule has 1 fully saturated rings. The molecule has 0 aliphatic heterocycles. The van der Waals surface area contributed by atoms with Crippen LogP contribution in [0.25, 0.3) is 0 Å². The van der Waals surface area contributed by atoms with Gasteiger partial charge in [-0.3, -0.25) is 4.79 Å². The lowest BCUT2D eigenvalue weighted by Crippen LogP contribution is -2.28. The van der Waals surface area contributed by atoms with Gasteiger partial charge < -0.3 is 9.84 Å². The summed E-state index contributed by atoms with van der Waals surface area (Å²) >= 11 is 0. The molecule has 2 rings (SSSR count). The largest absolute Gasteiger partial charge is 0.491 e. The number of rotatable bonds is 6. The summed E-state index contributed by atoms with van der Waals surface area (Å²) in [5, 5.41) is 9.32. The molecule has 1 aliphatic rings. The molecule has 0 amide bonds. The molecule has 0 bridgehead atoms. The lowest BCUT2D eigenvalue weighted by molar-refractivity contribution is -0.149. The van der Waals surface area contributed by atoms with E-state index in [4.69, 9.17) is 4.74 Å². The van der Waals surface area contributed by atoms with Gasteiger partial charge in [0.1, 0.15) is 0 Å². The highest BCUT2D eigenvalue weighted by atomic mass is 19.1. The summed E-state index contributed by atoms with van der Waals surface area (Å²) < 4.78 is 18.7. The molecule has 0 heterocycles. The number of hydrogen-bond donors (Lipinski definition) is 1. The van der Waals surface area contributed by atoms with Gasteiger partial charge in [-0.15, -0.1) is 0 Å². The van der Waals surface area contributed by atoms with Crippen LogP contribution in [-0.4, -0.2) is 17.7 Å². The van der Waals surface area contributed by atoms with Crippen LogP contribution in [0.4, 0.5) is 4.39 Å². The van der Waals surface area contributed by atoms with Crippen molar-refractivity contribution in [3.8, 4) is 5.75 Å². The second kappa shape index (κ2) is 6.04. The minimum absolute atomic E-state index is 0.235. The van der Waals surface area contributed by atoms with Gasteiger partial charge in [-0.05, 0) is 37.8 Å². The first-order valence-corrected chi connectivity index (χ1v) is 6.75. The van der Waals surface area contributed by atoms with Crippen LogP contribution < -0.4 is 4.74 Å². The van der Waals surface area contributed by atoms with Crippen molar-refractivity contribution in [3.05, 3.63) is 30.1 Å². The molecule has 0 unspecified atom stereocenters. The summed E-state index contributed by atoms with van der Waals surface area (Å²) in [5.41, 5.74) is -0.571. The van der Waals surface area contributed by atoms with E-state index in [1.54, 1.807) is 18.2 Å².